The van der Waals surface area contributed by atoms with Gasteiger partial charge in [-0.25, -0.2) is 0 Å². The maximum atomic E-state index is 11.0. The Bertz CT molecular complexity index is 633. The molecular weight excluding hydrogens is 276 g/mol. The average Bonchev–Trinajstić information content (AvgIpc) is 2.88. The zero-order chi connectivity index (χ0) is 15.5. The predicted octanol–water partition coefficient (Wildman–Crippen LogP) is 3.68. The molecule has 1 aliphatic carbocycles. The quantitative estimate of drug-likeness (QED) is 0.904. The summed E-state index contributed by atoms with van der Waals surface area (Å²) >= 11 is 0. The van der Waals surface area contributed by atoms with Crippen LogP contribution in [0, 0.1) is 5.92 Å². The number of carbonyl (C=O) groups is 1. The third kappa shape index (κ3) is 3.04. The van der Waals surface area contributed by atoms with Gasteiger partial charge in [-0.1, -0.05) is 54.6 Å². The van der Waals surface area contributed by atoms with Gasteiger partial charge < -0.3 is 10.2 Å². The van der Waals surface area contributed by atoms with Crippen LogP contribution in [0.2, 0.25) is 0 Å². The van der Waals surface area contributed by atoms with E-state index in [1.165, 1.54) is 0 Å². The van der Waals surface area contributed by atoms with Crippen LogP contribution in [0.5, 0.6) is 0 Å². The van der Waals surface area contributed by atoms with Crippen molar-refractivity contribution in [1.82, 2.24) is 0 Å². The van der Waals surface area contributed by atoms with Crippen LogP contribution in [0.1, 0.15) is 30.7 Å². The molecule has 0 radical (unpaired) electrons. The van der Waals surface area contributed by atoms with Crippen molar-refractivity contribution < 1.29 is 15.0 Å². The van der Waals surface area contributed by atoms with E-state index in [1.54, 1.807) is 0 Å². The maximum absolute atomic E-state index is 11.0. The minimum absolute atomic E-state index is 0.0232. The molecule has 2 aromatic carbocycles. The third-order valence-corrected chi connectivity index (χ3v) is 4.60. The van der Waals surface area contributed by atoms with Crippen LogP contribution in [0.15, 0.2) is 54.6 Å². The van der Waals surface area contributed by atoms with E-state index < -0.39 is 12.1 Å². The summed E-state index contributed by atoms with van der Waals surface area (Å²) in [5, 5.41) is 19.3. The Morgan fingerprint density at radius 1 is 0.955 bits per heavy atom. The van der Waals surface area contributed by atoms with Gasteiger partial charge in [-0.2, -0.15) is 0 Å². The molecule has 0 heterocycles. The van der Waals surface area contributed by atoms with Gasteiger partial charge in [0.25, 0.3) is 0 Å². The van der Waals surface area contributed by atoms with Gasteiger partial charge in [-0.3, -0.25) is 4.79 Å². The Hall–Kier alpha value is -2.13. The zero-order valence-electron chi connectivity index (χ0n) is 12.4. The molecule has 3 unspecified atom stereocenters. The summed E-state index contributed by atoms with van der Waals surface area (Å²) in [7, 11) is 0. The van der Waals surface area contributed by atoms with Gasteiger partial charge in [0, 0.05) is 12.3 Å². The number of hydrogen-bond acceptors (Lipinski definition) is 2. The number of carboxylic acid groups (broad SMARTS) is 1. The second kappa shape index (κ2) is 6.32. The largest absolute Gasteiger partial charge is 0.481 e. The summed E-state index contributed by atoms with van der Waals surface area (Å²) < 4.78 is 0. The molecule has 3 rings (SSSR count). The van der Waals surface area contributed by atoms with Gasteiger partial charge in [-0.05, 0) is 35.4 Å². The molecule has 0 aliphatic heterocycles. The van der Waals surface area contributed by atoms with Gasteiger partial charge in [0.1, 0.15) is 0 Å². The van der Waals surface area contributed by atoms with Gasteiger partial charge in [0.05, 0.1) is 6.10 Å². The highest BCUT2D eigenvalue weighted by atomic mass is 16.4. The van der Waals surface area contributed by atoms with Crippen LogP contribution in [-0.2, 0) is 4.79 Å². The summed E-state index contributed by atoms with van der Waals surface area (Å²) in [5.74, 6) is -0.832. The van der Waals surface area contributed by atoms with Crippen molar-refractivity contribution in [2.45, 2.75) is 31.3 Å². The number of benzene rings is 2. The average molecular weight is 296 g/mol. The van der Waals surface area contributed by atoms with Crippen LogP contribution in [-0.4, -0.2) is 22.3 Å². The number of aliphatic hydroxyl groups excluding tert-OH is 1. The SMILES string of the molecule is O=C(O)CC1CCC(O)C1c1ccc(-c2ccccc2)cc1. The fourth-order valence-electron chi connectivity index (χ4n) is 3.53. The second-order valence-corrected chi connectivity index (χ2v) is 6.02. The highest BCUT2D eigenvalue weighted by molar-refractivity contribution is 5.67. The van der Waals surface area contributed by atoms with Crippen molar-refractivity contribution in [1.29, 1.82) is 0 Å². The van der Waals surface area contributed by atoms with Gasteiger partial charge in [0.2, 0.25) is 0 Å². The Labute approximate surface area is 130 Å². The van der Waals surface area contributed by atoms with E-state index in [0.717, 1.165) is 23.1 Å². The van der Waals surface area contributed by atoms with E-state index in [2.05, 4.69) is 12.1 Å². The lowest BCUT2D eigenvalue weighted by atomic mass is 9.85. The van der Waals surface area contributed by atoms with E-state index in [1.807, 2.05) is 42.5 Å². The molecule has 1 saturated carbocycles. The highest BCUT2D eigenvalue weighted by Crippen LogP contribution is 2.42. The highest BCUT2D eigenvalue weighted by Gasteiger charge is 2.37. The molecule has 3 heteroatoms. The molecule has 2 N–H and O–H groups in total. The van der Waals surface area contributed by atoms with E-state index in [-0.39, 0.29) is 18.3 Å². The van der Waals surface area contributed by atoms with Gasteiger partial charge in [-0.15, -0.1) is 0 Å². The van der Waals surface area contributed by atoms with Crippen molar-refractivity contribution in [3.05, 3.63) is 60.2 Å². The molecule has 0 saturated heterocycles. The first-order chi connectivity index (χ1) is 10.6. The van der Waals surface area contributed by atoms with Crippen molar-refractivity contribution in [2.75, 3.05) is 0 Å². The Balaban J connectivity index is 1.83. The summed E-state index contributed by atoms with van der Waals surface area (Å²) in [4.78, 5) is 11.0. The maximum Gasteiger partial charge on any atom is 0.303 e. The minimum Gasteiger partial charge on any atom is -0.481 e. The lowest BCUT2D eigenvalue weighted by Gasteiger charge is -2.21. The molecule has 3 nitrogen and oxygen atoms in total. The monoisotopic (exact) mass is 296 g/mol. The minimum atomic E-state index is -0.787. The molecule has 1 aliphatic rings. The lowest BCUT2D eigenvalue weighted by molar-refractivity contribution is -0.138. The Morgan fingerprint density at radius 3 is 2.23 bits per heavy atom. The normalized spacial score (nSPS) is 24.3. The summed E-state index contributed by atoms with van der Waals surface area (Å²) in [6.45, 7) is 0. The molecular formula is C19H20O3. The Kier molecular flexibility index (Phi) is 4.25. The number of hydrogen-bond donors (Lipinski definition) is 2. The van der Waals surface area contributed by atoms with Crippen molar-refractivity contribution in [2.24, 2.45) is 5.92 Å². The molecule has 0 aromatic heterocycles. The first-order valence-corrected chi connectivity index (χ1v) is 7.70. The topological polar surface area (TPSA) is 57.5 Å². The Morgan fingerprint density at radius 2 is 1.59 bits per heavy atom. The number of rotatable bonds is 4. The van der Waals surface area contributed by atoms with Gasteiger partial charge in [0.15, 0.2) is 0 Å². The number of aliphatic hydroxyl groups is 1. The molecule has 1 fully saturated rings. The van der Waals surface area contributed by atoms with E-state index >= 15 is 0 Å². The fraction of sp³-hybridized carbons (Fsp3) is 0.316. The first kappa shape index (κ1) is 14.8. The molecule has 0 bridgehead atoms. The van der Waals surface area contributed by atoms with Crippen LogP contribution >= 0.6 is 0 Å². The third-order valence-electron chi connectivity index (χ3n) is 4.60. The summed E-state index contributed by atoms with van der Waals surface area (Å²) in [5.41, 5.74) is 3.32. The molecule has 0 amide bonds. The molecule has 3 atom stereocenters. The van der Waals surface area contributed by atoms with Crippen LogP contribution in [0.3, 0.4) is 0 Å². The summed E-state index contributed by atoms with van der Waals surface area (Å²) in [6, 6.07) is 18.3. The molecule has 2 aromatic rings. The molecule has 114 valence electrons. The first-order valence-electron chi connectivity index (χ1n) is 7.70. The van der Waals surface area contributed by atoms with Crippen molar-refractivity contribution >= 4 is 5.97 Å². The predicted molar refractivity (Wildman–Crippen MR) is 85.6 cm³/mol. The zero-order valence-corrected chi connectivity index (χ0v) is 12.4. The van der Waals surface area contributed by atoms with Crippen LogP contribution in [0.25, 0.3) is 11.1 Å². The number of aliphatic carboxylic acids is 1. The van der Waals surface area contributed by atoms with Crippen molar-refractivity contribution in [3.8, 4) is 11.1 Å². The lowest BCUT2D eigenvalue weighted by Crippen LogP contribution is -2.19. The molecule has 22 heavy (non-hydrogen) atoms. The van der Waals surface area contributed by atoms with Gasteiger partial charge >= 0.3 is 5.97 Å². The molecule has 0 spiro atoms. The van der Waals surface area contributed by atoms with E-state index in [4.69, 9.17) is 5.11 Å². The second-order valence-electron chi connectivity index (χ2n) is 6.02. The fourth-order valence-corrected chi connectivity index (χ4v) is 3.53. The van der Waals surface area contributed by atoms with Crippen LogP contribution in [0.4, 0.5) is 0 Å². The number of carboxylic acids is 1. The van der Waals surface area contributed by atoms with E-state index in [9.17, 15) is 9.90 Å². The standard InChI is InChI=1S/C19H20O3/c20-17-11-10-16(12-18(21)22)19(17)15-8-6-14(7-9-15)13-4-2-1-3-5-13/h1-9,16-17,19-20H,10-12H2,(H,21,22). The van der Waals surface area contributed by atoms with E-state index in [0.29, 0.717) is 6.42 Å². The van der Waals surface area contributed by atoms with Crippen LogP contribution < -0.4 is 0 Å². The smallest absolute Gasteiger partial charge is 0.303 e. The summed E-state index contributed by atoms with van der Waals surface area (Å²) in [6.07, 6.45) is 1.15. The van der Waals surface area contributed by atoms with Crippen molar-refractivity contribution in [3.63, 3.8) is 0 Å².